The van der Waals surface area contributed by atoms with Crippen molar-refractivity contribution in [3.05, 3.63) is 248 Å². The molecule has 0 heterocycles. The lowest BCUT2D eigenvalue weighted by atomic mass is 9.83. The van der Waals surface area contributed by atoms with E-state index in [1.165, 1.54) is 36.4 Å². The molecule has 2 aliphatic rings. The van der Waals surface area contributed by atoms with Crippen LogP contribution in [0, 0.1) is 39.5 Å². The van der Waals surface area contributed by atoms with Crippen LogP contribution in [0.2, 0.25) is 0 Å². The lowest BCUT2D eigenvalue weighted by Crippen LogP contribution is -2.22. The predicted octanol–water partition coefficient (Wildman–Crippen LogP) is 17.1. The molecule has 10 heteroatoms. The Morgan fingerprint density at radius 1 is 0.372 bits per heavy atom. The van der Waals surface area contributed by atoms with Crippen molar-refractivity contribution >= 4 is 56.6 Å². The lowest BCUT2D eigenvalue weighted by molar-refractivity contribution is 0.0723. The molecule has 0 N–H and O–H groups in total. The second-order valence-corrected chi connectivity index (χ2v) is 23.0. The average molecular weight is 1140 g/mol. The van der Waals surface area contributed by atoms with Gasteiger partial charge in [0.05, 0.1) is 24.3 Å². The number of aryl methyl sites for hydroxylation is 4. The summed E-state index contributed by atoms with van der Waals surface area (Å²) >= 11 is 0. The van der Waals surface area contributed by atoms with E-state index in [2.05, 4.69) is 64.1 Å². The fraction of sp³-hybridized carbons (Fsp3) is 0.184. The maximum atomic E-state index is 14.8. The summed E-state index contributed by atoms with van der Waals surface area (Å²) in [6, 6.07) is 49.7. The molecule has 2 aliphatic carbocycles. The average Bonchev–Trinajstić information content (AvgIpc) is 1.19. The first-order valence-corrected chi connectivity index (χ1v) is 29.2. The summed E-state index contributed by atoms with van der Waals surface area (Å²) in [5.74, 6) is -0.277. The molecule has 86 heavy (non-hydrogen) atoms. The largest absolute Gasteiger partial charge is 0.493 e. The van der Waals surface area contributed by atoms with Crippen molar-refractivity contribution in [3.63, 3.8) is 0 Å². The number of carbonyl (C=O) groups is 6. The fourth-order valence-electron chi connectivity index (χ4n) is 11.8. The topological polar surface area (TPSA) is 139 Å². The molecule has 0 aromatic heterocycles. The summed E-state index contributed by atoms with van der Waals surface area (Å²) < 4.78 is 25.8. The van der Waals surface area contributed by atoms with Crippen molar-refractivity contribution in [2.75, 3.05) is 13.2 Å². The van der Waals surface area contributed by atoms with Crippen molar-refractivity contribution in [2.24, 2.45) is 11.8 Å². The van der Waals surface area contributed by atoms with Crippen LogP contribution in [0.25, 0.3) is 54.9 Å². The summed E-state index contributed by atoms with van der Waals surface area (Å²) in [6.45, 7) is 18.1. The number of hydrogen-bond acceptors (Lipinski definition) is 10. The monoisotopic (exact) mass is 1130 g/mol. The summed E-state index contributed by atoms with van der Waals surface area (Å²) in [5, 5.41) is 2.83. The number of ether oxygens (including phenoxy) is 4. The first-order valence-electron chi connectivity index (χ1n) is 29.2. The molecule has 0 radical (unpaired) electrons. The number of carbonyl (C=O) groups excluding carboxylic acids is 6. The fourth-order valence-corrected chi connectivity index (χ4v) is 11.8. The highest BCUT2D eigenvalue weighted by atomic mass is 16.5. The molecular formula is C76H62O10. The van der Waals surface area contributed by atoms with Gasteiger partial charge in [0.1, 0.15) is 23.0 Å². The van der Waals surface area contributed by atoms with Crippen LogP contribution in [-0.2, 0) is 0 Å². The first-order chi connectivity index (χ1) is 41.5. The minimum Gasteiger partial charge on any atom is -0.493 e. The van der Waals surface area contributed by atoms with E-state index in [9.17, 15) is 28.8 Å². The van der Waals surface area contributed by atoms with Crippen molar-refractivity contribution in [2.45, 2.75) is 68.2 Å². The van der Waals surface area contributed by atoms with Crippen molar-refractivity contribution < 1.29 is 47.7 Å². The number of rotatable bonds is 15. The van der Waals surface area contributed by atoms with Gasteiger partial charge in [-0.05, 0) is 191 Å². The molecule has 0 saturated heterocycles. The minimum absolute atomic E-state index is 0.0344. The smallest absolute Gasteiger partial charge is 0.343 e. The first kappa shape index (κ1) is 56.4. The molecule has 0 saturated carbocycles. The van der Waals surface area contributed by atoms with Gasteiger partial charge in [0.25, 0.3) is 0 Å². The maximum absolute atomic E-state index is 14.8. The number of hydrogen-bond donors (Lipinski definition) is 0. The maximum Gasteiger partial charge on any atom is 0.343 e. The van der Waals surface area contributed by atoms with Crippen LogP contribution in [0.1, 0.15) is 147 Å². The molecule has 0 bridgehead atoms. The standard InChI is InChI=1S/C76H62O10/c1-9-41(3)39-83-73-43(5)31-53(32-44(73)6)47-19-25-55-49(35-47)23-29-65(85-75(81)51-21-27-61-63(37-51)71(79)59-17-13-11-15-57(59)69(61)77)67(55)68-56-26-20-48(54-33-45(7)74(46(8)34-54)84-40-42(4)10-2)36-50(56)24-30-66(68)86-76(82)52-22-28-62-64(38-52)72(80)60-18-14-12-16-58(60)70(62)78/h11-38,41-42H,9-10,39-40H2,1-8H3. The Hall–Kier alpha value is -10.1. The van der Waals surface area contributed by atoms with Gasteiger partial charge in [-0.15, -0.1) is 0 Å². The van der Waals surface area contributed by atoms with Crippen molar-refractivity contribution in [1.82, 2.24) is 0 Å². The van der Waals surface area contributed by atoms with E-state index >= 15 is 0 Å². The number of benzene rings is 10. The highest BCUT2D eigenvalue weighted by molar-refractivity contribution is 6.30. The SMILES string of the molecule is CCC(C)COc1c(C)cc(-c2ccc3c(-c4c(OC(=O)c5ccc6c(c5)C(=O)c5ccccc5C6=O)ccc5cc(-c6cc(C)c(OCC(C)CC)c(C)c6)ccc45)c(OC(=O)c4ccc5c(c4)C(=O)c4ccccc4C5=O)ccc3c2)cc1C. The molecule has 10 aromatic carbocycles. The summed E-state index contributed by atoms with van der Waals surface area (Å²) in [7, 11) is 0. The Balaban J connectivity index is 1.02. The Kier molecular flexibility index (Phi) is 15.0. The van der Waals surface area contributed by atoms with E-state index in [0.717, 1.165) is 79.6 Å². The van der Waals surface area contributed by atoms with E-state index in [1.54, 1.807) is 60.7 Å². The number of fused-ring (bicyclic) bond motifs is 6. The van der Waals surface area contributed by atoms with Crippen LogP contribution in [0.3, 0.4) is 0 Å². The zero-order valence-corrected chi connectivity index (χ0v) is 49.2. The second kappa shape index (κ2) is 22.8. The summed E-state index contributed by atoms with van der Waals surface area (Å²) in [5.41, 5.74) is 10.3. The summed E-state index contributed by atoms with van der Waals surface area (Å²) in [4.78, 5) is 84.9. The Morgan fingerprint density at radius 3 is 1.06 bits per heavy atom. The van der Waals surface area contributed by atoms with Crippen molar-refractivity contribution in [3.8, 4) is 56.4 Å². The second-order valence-electron chi connectivity index (χ2n) is 23.0. The van der Waals surface area contributed by atoms with Crippen LogP contribution in [0.4, 0.5) is 0 Å². The molecule has 10 aromatic rings. The van der Waals surface area contributed by atoms with Gasteiger partial charge in [0.15, 0.2) is 23.1 Å². The molecule has 0 spiro atoms. The Morgan fingerprint density at radius 2 is 0.709 bits per heavy atom. The van der Waals surface area contributed by atoms with Gasteiger partial charge in [-0.3, -0.25) is 19.2 Å². The summed E-state index contributed by atoms with van der Waals surface area (Å²) in [6.07, 6.45) is 2.01. The quantitative estimate of drug-likeness (QED) is 0.0720. The predicted molar refractivity (Wildman–Crippen MR) is 336 cm³/mol. The van der Waals surface area contributed by atoms with E-state index < -0.39 is 11.9 Å². The van der Waals surface area contributed by atoms with E-state index in [-0.39, 0.29) is 79.1 Å². The number of esters is 2. The van der Waals surface area contributed by atoms with Crippen LogP contribution in [-0.4, -0.2) is 48.3 Å². The molecule has 2 atom stereocenters. The van der Waals surface area contributed by atoms with Gasteiger partial charge < -0.3 is 18.9 Å². The highest BCUT2D eigenvalue weighted by Gasteiger charge is 2.33. The van der Waals surface area contributed by atoms with E-state index in [1.807, 2.05) is 64.1 Å². The van der Waals surface area contributed by atoms with Crippen molar-refractivity contribution in [1.29, 1.82) is 0 Å². The Labute approximate surface area is 499 Å². The normalized spacial score (nSPS) is 13.2. The van der Waals surface area contributed by atoms with Crippen LogP contribution in [0.5, 0.6) is 23.0 Å². The van der Waals surface area contributed by atoms with E-state index in [0.29, 0.717) is 58.1 Å². The van der Waals surface area contributed by atoms with Gasteiger partial charge in [-0.2, -0.15) is 0 Å². The van der Waals surface area contributed by atoms with Gasteiger partial charge in [0.2, 0.25) is 0 Å². The lowest BCUT2D eigenvalue weighted by Gasteiger charge is -2.21. The highest BCUT2D eigenvalue weighted by Crippen LogP contribution is 2.48. The molecule has 0 fully saturated rings. The zero-order valence-electron chi connectivity index (χ0n) is 49.2. The molecule has 0 amide bonds. The third-order valence-electron chi connectivity index (χ3n) is 16.9. The van der Waals surface area contributed by atoms with Crippen LogP contribution >= 0.6 is 0 Å². The van der Waals surface area contributed by atoms with Gasteiger partial charge >= 0.3 is 11.9 Å². The third-order valence-corrected chi connectivity index (χ3v) is 16.9. The zero-order chi connectivity index (χ0) is 60.2. The van der Waals surface area contributed by atoms with Gasteiger partial charge in [-0.25, -0.2) is 9.59 Å². The minimum atomic E-state index is -0.802. The molecule has 10 nitrogen and oxygen atoms in total. The molecular weight excluding hydrogens is 1070 g/mol. The number of ketones is 4. The van der Waals surface area contributed by atoms with Crippen LogP contribution in [0.15, 0.2) is 170 Å². The third kappa shape index (κ3) is 10.2. The molecule has 426 valence electrons. The van der Waals surface area contributed by atoms with Crippen LogP contribution < -0.4 is 18.9 Å². The molecule has 0 aliphatic heterocycles. The van der Waals surface area contributed by atoms with E-state index in [4.69, 9.17) is 18.9 Å². The molecule has 12 rings (SSSR count). The molecule has 2 unspecified atom stereocenters. The van der Waals surface area contributed by atoms with Gasteiger partial charge in [0, 0.05) is 55.6 Å². The van der Waals surface area contributed by atoms with Gasteiger partial charge in [-0.1, -0.05) is 125 Å². The Bertz CT molecular complexity index is 4210.